The van der Waals surface area contributed by atoms with Crippen LogP contribution in [0.25, 0.3) is 5.57 Å². The van der Waals surface area contributed by atoms with Crippen molar-refractivity contribution in [1.82, 2.24) is 4.90 Å². The number of nitro groups is 1. The molecule has 31 heavy (non-hydrogen) atoms. The number of aromatic hydroxyl groups is 1. The van der Waals surface area contributed by atoms with E-state index in [0.717, 1.165) is 37.1 Å². The number of allylic oxidation sites excluding steroid dienone is 4. The maximum absolute atomic E-state index is 13.0. The summed E-state index contributed by atoms with van der Waals surface area (Å²) in [5, 5.41) is 21.8. The average Bonchev–Trinajstić information content (AvgIpc) is 3.32. The molecule has 0 radical (unpaired) electrons. The minimum atomic E-state index is -0.383. The molecule has 3 aliphatic rings. The number of carbonyl (C=O) groups excluding carboxylic acids is 1. The largest absolute Gasteiger partial charge is 0.507 e. The molecule has 0 amide bonds. The monoisotopic (exact) mass is 418 g/mol. The Morgan fingerprint density at radius 3 is 2.71 bits per heavy atom. The number of hydrogen-bond donors (Lipinski definition) is 1. The first-order valence-corrected chi connectivity index (χ1v) is 10.5. The van der Waals surface area contributed by atoms with E-state index in [1.54, 1.807) is 24.3 Å². The van der Waals surface area contributed by atoms with Gasteiger partial charge in [0.2, 0.25) is 5.78 Å². The van der Waals surface area contributed by atoms with Gasteiger partial charge < -0.3 is 9.84 Å². The summed E-state index contributed by atoms with van der Waals surface area (Å²) >= 11 is 0. The van der Waals surface area contributed by atoms with E-state index in [1.807, 2.05) is 12.1 Å². The van der Waals surface area contributed by atoms with Crippen molar-refractivity contribution >= 4 is 17.0 Å². The number of ketones is 1. The minimum absolute atomic E-state index is 0.0813. The lowest BCUT2D eigenvalue weighted by Crippen LogP contribution is -2.29. The molecule has 158 valence electrons. The van der Waals surface area contributed by atoms with Crippen LogP contribution in [0.4, 0.5) is 5.69 Å². The zero-order valence-electron chi connectivity index (χ0n) is 17.0. The summed E-state index contributed by atoms with van der Waals surface area (Å²) < 4.78 is 5.98. The fourth-order valence-electron chi connectivity index (χ4n) is 4.62. The Kier molecular flexibility index (Phi) is 4.82. The van der Waals surface area contributed by atoms with Gasteiger partial charge in [-0.15, -0.1) is 0 Å². The van der Waals surface area contributed by atoms with Gasteiger partial charge in [0.15, 0.2) is 5.76 Å². The van der Waals surface area contributed by atoms with E-state index in [2.05, 4.69) is 4.90 Å². The molecule has 0 aromatic heterocycles. The number of benzene rings is 2. The van der Waals surface area contributed by atoms with Crippen LogP contribution in [0.5, 0.6) is 11.5 Å². The number of Topliss-reactive ketones (excluding diaryl/α,β-unsaturated/α-hetero) is 1. The molecule has 1 N–H and O–H groups in total. The molecule has 2 heterocycles. The molecule has 2 aliphatic heterocycles. The molecule has 0 saturated carbocycles. The van der Waals surface area contributed by atoms with Crippen molar-refractivity contribution in [3.63, 3.8) is 0 Å². The molecule has 7 heteroatoms. The molecule has 0 spiro atoms. The number of carbonyl (C=O) groups is 1. The number of phenolic OH excluding ortho intramolecular Hbond substituents is 1. The van der Waals surface area contributed by atoms with Crippen molar-refractivity contribution in [2.45, 2.75) is 32.2 Å². The number of rotatable bonds is 4. The summed E-state index contributed by atoms with van der Waals surface area (Å²) in [4.78, 5) is 26.2. The zero-order chi connectivity index (χ0) is 21.5. The smallest absolute Gasteiger partial charge is 0.273 e. The zero-order valence-corrected chi connectivity index (χ0v) is 17.0. The third-order valence-corrected chi connectivity index (χ3v) is 6.22. The lowest BCUT2D eigenvalue weighted by molar-refractivity contribution is -0.385. The van der Waals surface area contributed by atoms with Crippen LogP contribution in [0.3, 0.4) is 0 Å². The summed E-state index contributed by atoms with van der Waals surface area (Å²) in [5.74, 6) is 0.472. The van der Waals surface area contributed by atoms with Crippen LogP contribution in [-0.4, -0.2) is 33.8 Å². The molecule has 7 nitrogen and oxygen atoms in total. The summed E-state index contributed by atoms with van der Waals surface area (Å²) in [7, 11) is 0. The number of piperidine rings is 1. The van der Waals surface area contributed by atoms with E-state index in [1.165, 1.54) is 12.5 Å². The van der Waals surface area contributed by atoms with Crippen molar-refractivity contribution in [3.05, 3.63) is 80.6 Å². The SMILES string of the molecule is O=C1/C(=C/C2=CCc3c2cccc3[N+](=O)[O-])Oc2c1ccc(O)c2CN1CCCCC1. The highest BCUT2D eigenvalue weighted by Gasteiger charge is 2.33. The van der Waals surface area contributed by atoms with Crippen molar-refractivity contribution in [2.24, 2.45) is 0 Å². The minimum Gasteiger partial charge on any atom is -0.507 e. The molecule has 2 aromatic rings. The third-order valence-electron chi connectivity index (χ3n) is 6.22. The number of ether oxygens (including phenoxy) is 1. The van der Waals surface area contributed by atoms with Crippen molar-refractivity contribution < 1.29 is 19.6 Å². The van der Waals surface area contributed by atoms with Gasteiger partial charge in [0.05, 0.1) is 16.1 Å². The Bertz CT molecular complexity index is 1160. The molecule has 1 fully saturated rings. The Hall–Kier alpha value is -3.45. The Balaban J connectivity index is 1.46. The normalized spacial score (nSPS) is 19.2. The second-order valence-electron chi connectivity index (χ2n) is 8.14. The second kappa shape index (κ2) is 7.67. The number of nitrogens with zero attached hydrogens (tertiary/aromatic N) is 2. The fourth-order valence-corrected chi connectivity index (χ4v) is 4.62. The lowest BCUT2D eigenvalue weighted by Gasteiger charge is -2.27. The van der Waals surface area contributed by atoms with Gasteiger partial charge in [0.25, 0.3) is 5.69 Å². The highest BCUT2D eigenvalue weighted by Crippen LogP contribution is 2.42. The molecule has 0 atom stereocenters. The Labute approximate surface area is 179 Å². The van der Waals surface area contributed by atoms with Gasteiger partial charge in [-0.2, -0.15) is 0 Å². The maximum atomic E-state index is 13.0. The highest BCUT2D eigenvalue weighted by atomic mass is 16.6. The van der Waals surface area contributed by atoms with Crippen LogP contribution < -0.4 is 4.74 Å². The molecule has 0 bridgehead atoms. The van der Waals surface area contributed by atoms with Gasteiger partial charge in [0.1, 0.15) is 11.5 Å². The fraction of sp³-hybridized carbons (Fsp3) is 0.292. The number of phenols is 1. The molecular formula is C24H22N2O5. The van der Waals surface area contributed by atoms with E-state index in [-0.39, 0.29) is 27.9 Å². The van der Waals surface area contributed by atoms with Crippen molar-refractivity contribution in [1.29, 1.82) is 0 Å². The van der Waals surface area contributed by atoms with Gasteiger partial charge in [-0.25, -0.2) is 0 Å². The standard InChI is InChI=1S/C24H22N2O5/c27-21-10-9-18-23(28)22(31-24(18)19(21)14-25-11-2-1-3-12-25)13-15-7-8-17-16(15)5-4-6-20(17)26(29)30/h4-7,9-10,13,27H,1-3,8,11-12,14H2/b22-13-. The van der Waals surface area contributed by atoms with Crippen LogP contribution in [0.2, 0.25) is 0 Å². The van der Waals surface area contributed by atoms with Crippen molar-refractivity contribution in [3.8, 4) is 11.5 Å². The first kappa shape index (κ1) is 19.5. The Morgan fingerprint density at radius 2 is 1.94 bits per heavy atom. The number of hydrogen-bond acceptors (Lipinski definition) is 6. The molecule has 2 aromatic carbocycles. The molecular weight excluding hydrogens is 396 g/mol. The molecule has 5 rings (SSSR count). The molecule has 0 unspecified atom stereocenters. The van der Waals surface area contributed by atoms with Gasteiger partial charge in [-0.3, -0.25) is 19.8 Å². The lowest BCUT2D eigenvalue weighted by atomic mass is 10.0. The van der Waals surface area contributed by atoms with E-state index >= 15 is 0 Å². The van der Waals surface area contributed by atoms with Gasteiger partial charge in [-0.1, -0.05) is 24.6 Å². The number of fused-ring (bicyclic) bond motifs is 2. The average molecular weight is 418 g/mol. The highest BCUT2D eigenvalue weighted by molar-refractivity contribution is 6.14. The van der Waals surface area contributed by atoms with E-state index in [9.17, 15) is 20.0 Å². The summed E-state index contributed by atoms with van der Waals surface area (Å²) in [6.45, 7) is 2.46. The maximum Gasteiger partial charge on any atom is 0.273 e. The predicted octanol–water partition coefficient (Wildman–Crippen LogP) is 4.39. The van der Waals surface area contributed by atoms with E-state index < -0.39 is 0 Å². The van der Waals surface area contributed by atoms with Crippen LogP contribution in [0.1, 0.15) is 46.3 Å². The Morgan fingerprint density at radius 1 is 1.13 bits per heavy atom. The van der Waals surface area contributed by atoms with Crippen LogP contribution in [-0.2, 0) is 13.0 Å². The van der Waals surface area contributed by atoms with E-state index in [4.69, 9.17) is 4.74 Å². The number of nitro benzene ring substituents is 1. The van der Waals surface area contributed by atoms with Crippen LogP contribution in [0, 0.1) is 10.1 Å². The summed E-state index contributed by atoms with van der Waals surface area (Å²) in [5.41, 5.74) is 3.27. The predicted molar refractivity (Wildman–Crippen MR) is 115 cm³/mol. The van der Waals surface area contributed by atoms with Gasteiger partial charge in [-0.05, 0) is 61.7 Å². The second-order valence-corrected chi connectivity index (χ2v) is 8.14. The van der Waals surface area contributed by atoms with Crippen LogP contribution in [0.15, 0.2) is 48.2 Å². The quantitative estimate of drug-likeness (QED) is 0.450. The van der Waals surface area contributed by atoms with E-state index in [0.29, 0.717) is 35.4 Å². The first-order valence-electron chi connectivity index (χ1n) is 10.5. The van der Waals surface area contributed by atoms with Gasteiger partial charge >= 0.3 is 0 Å². The summed E-state index contributed by atoms with van der Waals surface area (Å²) in [6, 6.07) is 8.10. The first-order chi connectivity index (χ1) is 15.0. The molecule has 1 saturated heterocycles. The van der Waals surface area contributed by atoms with Crippen molar-refractivity contribution in [2.75, 3.05) is 13.1 Å². The molecule has 1 aliphatic carbocycles. The van der Waals surface area contributed by atoms with Gasteiger partial charge in [0, 0.05) is 18.2 Å². The number of likely N-dealkylation sites (tertiary alicyclic amines) is 1. The van der Waals surface area contributed by atoms with Crippen LogP contribution >= 0.6 is 0 Å². The summed E-state index contributed by atoms with van der Waals surface area (Å²) in [6.07, 6.45) is 7.43. The topological polar surface area (TPSA) is 92.9 Å². The third kappa shape index (κ3) is 3.41.